The maximum Gasteiger partial charge on any atom is 0.305 e. The molecule has 23 heavy (non-hydrogen) atoms. The summed E-state index contributed by atoms with van der Waals surface area (Å²) in [6.07, 6.45) is -0.113. The number of hydrogen-bond donors (Lipinski definition) is 2. The predicted molar refractivity (Wildman–Crippen MR) is 86.8 cm³/mol. The lowest BCUT2D eigenvalue weighted by molar-refractivity contribution is -0.136. The Morgan fingerprint density at radius 2 is 2.00 bits per heavy atom. The van der Waals surface area contributed by atoms with Crippen molar-refractivity contribution in [1.82, 2.24) is 15.1 Å². The smallest absolute Gasteiger partial charge is 0.305 e. The van der Waals surface area contributed by atoms with E-state index < -0.39 is 5.97 Å². The van der Waals surface area contributed by atoms with Crippen molar-refractivity contribution in [1.29, 1.82) is 0 Å². The first-order chi connectivity index (χ1) is 10.9. The molecule has 7 heteroatoms. The standard InChI is InChI=1S/C16H18ClN3O3/c1-10-15(16(23)18-8-7-14(21)22)11(2)20(19-10)9-12-5-3-4-6-13(12)17/h3-6H,7-9H2,1-2H3,(H,18,23)(H,21,22). The van der Waals surface area contributed by atoms with Gasteiger partial charge in [-0.15, -0.1) is 0 Å². The first-order valence-corrected chi connectivity index (χ1v) is 7.55. The Bertz CT molecular complexity index is 740. The van der Waals surface area contributed by atoms with Crippen molar-refractivity contribution in [2.75, 3.05) is 6.54 Å². The van der Waals surface area contributed by atoms with E-state index in [0.29, 0.717) is 22.8 Å². The number of benzene rings is 1. The first kappa shape index (κ1) is 17.0. The van der Waals surface area contributed by atoms with Crippen molar-refractivity contribution in [3.8, 4) is 0 Å². The monoisotopic (exact) mass is 335 g/mol. The van der Waals surface area contributed by atoms with Gasteiger partial charge in [0.05, 0.1) is 24.2 Å². The number of carboxylic acid groups (broad SMARTS) is 1. The minimum Gasteiger partial charge on any atom is -0.481 e. The summed E-state index contributed by atoms with van der Waals surface area (Å²) in [5.41, 5.74) is 2.71. The van der Waals surface area contributed by atoms with Crippen molar-refractivity contribution in [3.63, 3.8) is 0 Å². The molecule has 2 N–H and O–H groups in total. The molecule has 0 spiro atoms. The van der Waals surface area contributed by atoms with Crippen molar-refractivity contribution < 1.29 is 14.7 Å². The molecule has 0 aliphatic carbocycles. The third-order valence-corrected chi connectivity index (χ3v) is 3.88. The second kappa shape index (κ2) is 7.28. The summed E-state index contributed by atoms with van der Waals surface area (Å²) in [5.74, 6) is -1.26. The van der Waals surface area contributed by atoms with Crippen LogP contribution in [0.25, 0.3) is 0 Å². The molecule has 0 saturated carbocycles. The van der Waals surface area contributed by atoms with Gasteiger partial charge in [-0.3, -0.25) is 14.3 Å². The lowest BCUT2D eigenvalue weighted by atomic mass is 10.1. The molecule has 2 aromatic rings. The predicted octanol–water partition coefficient (Wildman–Crippen LogP) is 2.41. The van der Waals surface area contributed by atoms with Gasteiger partial charge in [0.2, 0.25) is 0 Å². The van der Waals surface area contributed by atoms with E-state index in [-0.39, 0.29) is 18.9 Å². The normalized spacial score (nSPS) is 10.6. The maximum absolute atomic E-state index is 12.2. The zero-order valence-corrected chi connectivity index (χ0v) is 13.7. The van der Waals surface area contributed by atoms with Crippen molar-refractivity contribution in [2.24, 2.45) is 0 Å². The topological polar surface area (TPSA) is 84.2 Å². The fraction of sp³-hybridized carbons (Fsp3) is 0.312. The summed E-state index contributed by atoms with van der Waals surface area (Å²) in [6, 6.07) is 7.47. The van der Waals surface area contributed by atoms with Gasteiger partial charge in [0, 0.05) is 17.3 Å². The van der Waals surface area contributed by atoms with E-state index in [1.165, 1.54) is 0 Å². The molecule has 122 valence electrons. The van der Waals surface area contributed by atoms with E-state index in [2.05, 4.69) is 10.4 Å². The van der Waals surface area contributed by atoms with E-state index >= 15 is 0 Å². The number of rotatable bonds is 6. The molecule has 0 saturated heterocycles. The minimum absolute atomic E-state index is 0.0861. The second-order valence-electron chi connectivity index (χ2n) is 5.19. The number of carbonyl (C=O) groups excluding carboxylic acids is 1. The highest BCUT2D eigenvalue weighted by Gasteiger charge is 2.19. The second-order valence-corrected chi connectivity index (χ2v) is 5.60. The van der Waals surface area contributed by atoms with E-state index in [1.54, 1.807) is 11.6 Å². The lowest BCUT2D eigenvalue weighted by Gasteiger charge is -2.07. The molecule has 0 fully saturated rings. The zero-order valence-electron chi connectivity index (χ0n) is 13.0. The Balaban J connectivity index is 2.17. The third-order valence-electron chi connectivity index (χ3n) is 3.51. The quantitative estimate of drug-likeness (QED) is 0.849. The van der Waals surface area contributed by atoms with Crippen molar-refractivity contribution in [3.05, 3.63) is 51.8 Å². The Kier molecular flexibility index (Phi) is 5.39. The van der Waals surface area contributed by atoms with Gasteiger partial charge in [-0.2, -0.15) is 5.10 Å². The molecule has 1 aromatic carbocycles. The summed E-state index contributed by atoms with van der Waals surface area (Å²) in [5, 5.41) is 16.3. The van der Waals surface area contributed by atoms with Crippen LogP contribution in [-0.2, 0) is 11.3 Å². The van der Waals surface area contributed by atoms with Crippen LogP contribution in [-0.4, -0.2) is 33.3 Å². The fourth-order valence-corrected chi connectivity index (χ4v) is 2.53. The average molecular weight is 336 g/mol. The minimum atomic E-state index is -0.951. The van der Waals surface area contributed by atoms with Crippen LogP contribution in [0, 0.1) is 13.8 Å². The number of nitrogens with zero attached hydrogens (tertiary/aromatic N) is 2. The van der Waals surface area contributed by atoms with Crippen LogP contribution < -0.4 is 5.32 Å². The summed E-state index contributed by atoms with van der Waals surface area (Å²) in [7, 11) is 0. The molecule has 0 atom stereocenters. The van der Waals surface area contributed by atoms with Gasteiger partial charge < -0.3 is 10.4 Å². The Hall–Kier alpha value is -2.34. The van der Waals surface area contributed by atoms with Crippen molar-refractivity contribution >= 4 is 23.5 Å². The van der Waals surface area contributed by atoms with E-state index in [0.717, 1.165) is 11.3 Å². The van der Waals surface area contributed by atoms with Crippen molar-refractivity contribution in [2.45, 2.75) is 26.8 Å². The highest BCUT2D eigenvalue weighted by atomic mass is 35.5. The van der Waals surface area contributed by atoms with Gasteiger partial charge in [0.15, 0.2) is 0 Å². The number of carbonyl (C=O) groups is 2. The number of aryl methyl sites for hydroxylation is 1. The number of halogens is 1. The fourth-order valence-electron chi connectivity index (χ4n) is 2.34. The zero-order chi connectivity index (χ0) is 17.0. The summed E-state index contributed by atoms with van der Waals surface area (Å²) in [4.78, 5) is 22.7. The van der Waals surface area contributed by atoms with Gasteiger partial charge in [0.25, 0.3) is 5.91 Å². The molecule has 0 radical (unpaired) electrons. The highest BCUT2D eigenvalue weighted by molar-refractivity contribution is 6.31. The molecule has 0 bridgehead atoms. The molecule has 6 nitrogen and oxygen atoms in total. The molecular weight excluding hydrogens is 318 g/mol. The van der Waals surface area contributed by atoms with Gasteiger partial charge in [0.1, 0.15) is 0 Å². The lowest BCUT2D eigenvalue weighted by Crippen LogP contribution is -2.27. The molecule has 0 aliphatic rings. The molecule has 0 aliphatic heterocycles. The van der Waals surface area contributed by atoms with E-state index in [9.17, 15) is 9.59 Å². The maximum atomic E-state index is 12.2. The molecule has 1 amide bonds. The molecular formula is C16H18ClN3O3. The molecule has 1 heterocycles. The number of carboxylic acids is 1. The first-order valence-electron chi connectivity index (χ1n) is 7.17. The largest absolute Gasteiger partial charge is 0.481 e. The number of hydrogen-bond acceptors (Lipinski definition) is 3. The van der Waals surface area contributed by atoms with Crippen LogP contribution in [0.2, 0.25) is 5.02 Å². The highest BCUT2D eigenvalue weighted by Crippen LogP contribution is 2.19. The van der Waals surface area contributed by atoms with Crippen LogP contribution in [0.4, 0.5) is 0 Å². The number of aliphatic carboxylic acids is 1. The summed E-state index contributed by atoms with van der Waals surface area (Å²) in [6.45, 7) is 4.11. The van der Waals surface area contributed by atoms with E-state index in [4.69, 9.17) is 16.7 Å². The summed E-state index contributed by atoms with van der Waals surface area (Å²) < 4.78 is 1.72. The Morgan fingerprint density at radius 3 is 2.65 bits per heavy atom. The van der Waals surface area contributed by atoms with E-state index in [1.807, 2.05) is 31.2 Å². The van der Waals surface area contributed by atoms with Crippen LogP contribution in [0.5, 0.6) is 0 Å². The van der Waals surface area contributed by atoms with Gasteiger partial charge in [-0.05, 0) is 25.5 Å². The van der Waals surface area contributed by atoms with Gasteiger partial charge in [-0.1, -0.05) is 29.8 Å². The molecule has 2 rings (SSSR count). The van der Waals surface area contributed by atoms with Gasteiger partial charge >= 0.3 is 5.97 Å². The molecule has 0 unspecified atom stereocenters. The average Bonchev–Trinajstić information content (AvgIpc) is 2.75. The Morgan fingerprint density at radius 1 is 1.30 bits per heavy atom. The number of amides is 1. The Labute approximate surface area is 139 Å². The van der Waals surface area contributed by atoms with Crippen LogP contribution in [0.15, 0.2) is 24.3 Å². The summed E-state index contributed by atoms with van der Waals surface area (Å²) >= 11 is 6.16. The van der Waals surface area contributed by atoms with Crippen LogP contribution in [0.1, 0.15) is 33.7 Å². The number of nitrogens with one attached hydrogen (secondary N) is 1. The van der Waals surface area contributed by atoms with Crippen LogP contribution in [0.3, 0.4) is 0 Å². The SMILES string of the molecule is Cc1nn(Cc2ccccc2Cl)c(C)c1C(=O)NCCC(=O)O. The van der Waals surface area contributed by atoms with Crippen LogP contribution >= 0.6 is 11.6 Å². The molecule has 1 aromatic heterocycles. The number of aromatic nitrogens is 2. The van der Waals surface area contributed by atoms with Gasteiger partial charge in [-0.25, -0.2) is 0 Å². The third kappa shape index (κ3) is 4.10.